The maximum Gasteiger partial charge on any atom is 0.225 e. The van der Waals surface area contributed by atoms with Crippen molar-refractivity contribution in [2.45, 2.75) is 50.2 Å². The predicted molar refractivity (Wildman–Crippen MR) is 108 cm³/mol. The van der Waals surface area contributed by atoms with Crippen LogP contribution in [0.5, 0.6) is 5.75 Å². The summed E-state index contributed by atoms with van der Waals surface area (Å²) in [6.45, 7) is 2.10. The van der Waals surface area contributed by atoms with E-state index in [0.29, 0.717) is 23.6 Å². The van der Waals surface area contributed by atoms with Gasteiger partial charge in [-0.1, -0.05) is 29.8 Å². The number of hydrogen-bond acceptors (Lipinski definition) is 7. The summed E-state index contributed by atoms with van der Waals surface area (Å²) in [6.07, 6.45) is -5.07. The summed E-state index contributed by atoms with van der Waals surface area (Å²) in [4.78, 5) is 0. The number of rotatable bonds is 5. The lowest BCUT2D eigenvalue weighted by Gasteiger charge is -2.46. The third-order valence-corrected chi connectivity index (χ3v) is 6.10. The van der Waals surface area contributed by atoms with Crippen LogP contribution in [0.1, 0.15) is 29.2 Å². The Morgan fingerprint density at radius 1 is 1.10 bits per heavy atom. The first-order chi connectivity index (χ1) is 14.4. The van der Waals surface area contributed by atoms with Crippen LogP contribution >= 0.6 is 11.6 Å². The van der Waals surface area contributed by atoms with Gasteiger partial charge < -0.3 is 34.6 Å². The zero-order valence-corrected chi connectivity index (χ0v) is 17.2. The SMILES string of the molecule is CCOc1ccc(Cc2c(Cl)ccc3c2CO[C@]32O[C@H](CO)[C@@H](O)[C@H](O)[C@H]2O)cc1. The van der Waals surface area contributed by atoms with E-state index in [1.54, 1.807) is 12.1 Å². The van der Waals surface area contributed by atoms with Gasteiger partial charge in [0.05, 0.1) is 19.8 Å². The van der Waals surface area contributed by atoms with E-state index < -0.39 is 36.8 Å². The monoisotopic (exact) mass is 436 g/mol. The summed E-state index contributed by atoms with van der Waals surface area (Å²) in [5.41, 5.74) is 3.14. The van der Waals surface area contributed by atoms with Gasteiger partial charge in [0.2, 0.25) is 5.79 Å². The maximum atomic E-state index is 10.7. The van der Waals surface area contributed by atoms with Crippen LogP contribution in [0.3, 0.4) is 0 Å². The first-order valence-electron chi connectivity index (χ1n) is 9.90. The smallest absolute Gasteiger partial charge is 0.225 e. The molecule has 8 heteroatoms. The van der Waals surface area contributed by atoms with Crippen molar-refractivity contribution in [2.75, 3.05) is 13.2 Å². The van der Waals surface area contributed by atoms with Crippen LogP contribution in [0.15, 0.2) is 36.4 Å². The predicted octanol–water partition coefficient (Wildman–Crippen LogP) is 1.49. The molecule has 0 aromatic heterocycles. The molecule has 162 valence electrons. The standard InChI is InChI=1S/C22H25ClO7/c1-2-28-13-5-3-12(4-6-13)9-14-15-11-29-22(16(15)7-8-17(14)23)21(27)20(26)19(25)18(10-24)30-22/h3-8,18-21,24-27H,2,9-11H2,1H3/t18-,19-,20+,21-,22+/m1/s1. The van der Waals surface area contributed by atoms with Gasteiger partial charge in [-0.15, -0.1) is 0 Å². The second kappa shape index (κ2) is 8.43. The zero-order chi connectivity index (χ0) is 21.5. The summed E-state index contributed by atoms with van der Waals surface area (Å²) < 4.78 is 17.1. The highest BCUT2D eigenvalue weighted by Gasteiger charge is 2.58. The molecule has 0 amide bonds. The number of ether oxygens (including phenoxy) is 3. The van der Waals surface area contributed by atoms with Crippen molar-refractivity contribution in [1.82, 2.24) is 0 Å². The van der Waals surface area contributed by atoms with Gasteiger partial charge in [0, 0.05) is 10.6 Å². The number of halogens is 1. The molecule has 0 unspecified atom stereocenters. The van der Waals surface area contributed by atoms with Crippen LogP contribution in [-0.4, -0.2) is 58.1 Å². The van der Waals surface area contributed by atoms with Gasteiger partial charge in [0.15, 0.2) is 0 Å². The summed E-state index contributed by atoms with van der Waals surface area (Å²) in [5.74, 6) is -0.895. The lowest BCUT2D eigenvalue weighted by Crippen LogP contribution is -2.63. The minimum Gasteiger partial charge on any atom is -0.494 e. The molecule has 1 fully saturated rings. The van der Waals surface area contributed by atoms with Crippen molar-refractivity contribution in [3.8, 4) is 5.75 Å². The molecule has 1 spiro atoms. The van der Waals surface area contributed by atoms with E-state index in [-0.39, 0.29) is 6.61 Å². The van der Waals surface area contributed by atoms with Crippen molar-refractivity contribution in [3.63, 3.8) is 0 Å². The second-order valence-corrected chi connectivity index (χ2v) is 7.93. The molecular weight excluding hydrogens is 412 g/mol. The van der Waals surface area contributed by atoms with Crippen LogP contribution < -0.4 is 4.74 Å². The lowest BCUT2D eigenvalue weighted by molar-refractivity contribution is -0.368. The molecule has 4 rings (SSSR count). The molecule has 0 saturated carbocycles. The van der Waals surface area contributed by atoms with Crippen molar-refractivity contribution >= 4 is 11.6 Å². The molecule has 2 aromatic rings. The number of aliphatic hydroxyl groups excluding tert-OH is 4. The lowest BCUT2D eigenvalue weighted by atomic mass is 9.86. The van der Waals surface area contributed by atoms with Crippen LogP contribution in [0.2, 0.25) is 5.02 Å². The molecule has 0 aliphatic carbocycles. The highest BCUT2D eigenvalue weighted by Crippen LogP contribution is 2.48. The van der Waals surface area contributed by atoms with Crippen molar-refractivity contribution in [2.24, 2.45) is 0 Å². The number of benzene rings is 2. The third-order valence-electron chi connectivity index (χ3n) is 5.75. The fourth-order valence-electron chi connectivity index (χ4n) is 4.16. The molecule has 2 aromatic carbocycles. The third kappa shape index (κ3) is 3.50. The Morgan fingerprint density at radius 2 is 1.83 bits per heavy atom. The van der Waals surface area contributed by atoms with Crippen LogP contribution in [-0.2, 0) is 28.3 Å². The van der Waals surface area contributed by atoms with Crippen molar-refractivity contribution in [1.29, 1.82) is 0 Å². The molecule has 2 aliphatic heterocycles. The van der Waals surface area contributed by atoms with E-state index in [4.69, 9.17) is 25.8 Å². The molecule has 2 aliphatic rings. The Bertz CT molecular complexity index is 901. The average molecular weight is 437 g/mol. The first kappa shape index (κ1) is 21.5. The van der Waals surface area contributed by atoms with Crippen LogP contribution in [0.25, 0.3) is 0 Å². The van der Waals surface area contributed by atoms with E-state index in [9.17, 15) is 20.4 Å². The molecule has 0 radical (unpaired) electrons. The topological polar surface area (TPSA) is 109 Å². The summed E-state index contributed by atoms with van der Waals surface area (Å²) in [7, 11) is 0. The fraction of sp³-hybridized carbons (Fsp3) is 0.455. The quantitative estimate of drug-likeness (QED) is 0.562. The maximum absolute atomic E-state index is 10.7. The Balaban J connectivity index is 1.69. The van der Waals surface area contributed by atoms with Gasteiger partial charge in [-0.05, 0) is 48.2 Å². The molecule has 1 saturated heterocycles. The van der Waals surface area contributed by atoms with Gasteiger partial charge in [-0.3, -0.25) is 0 Å². The molecule has 30 heavy (non-hydrogen) atoms. The summed E-state index contributed by atoms with van der Waals surface area (Å²) in [6, 6.07) is 11.1. The van der Waals surface area contributed by atoms with E-state index in [1.807, 2.05) is 31.2 Å². The molecule has 5 atom stereocenters. The Hall–Kier alpha value is -1.71. The zero-order valence-electron chi connectivity index (χ0n) is 16.5. The Morgan fingerprint density at radius 3 is 2.50 bits per heavy atom. The normalized spacial score (nSPS) is 30.5. The Kier molecular flexibility index (Phi) is 6.05. The number of aliphatic hydroxyl groups is 4. The van der Waals surface area contributed by atoms with Gasteiger partial charge in [0.1, 0.15) is 30.2 Å². The largest absolute Gasteiger partial charge is 0.494 e. The molecule has 2 heterocycles. The van der Waals surface area contributed by atoms with Crippen LogP contribution in [0.4, 0.5) is 0 Å². The fourth-order valence-corrected chi connectivity index (χ4v) is 4.41. The van der Waals surface area contributed by atoms with Gasteiger partial charge in [-0.25, -0.2) is 0 Å². The average Bonchev–Trinajstić information content (AvgIpc) is 3.12. The summed E-state index contributed by atoms with van der Waals surface area (Å²) in [5, 5.41) is 41.2. The molecule has 7 nitrogen and oxygen atoms in total. The highest BCUT2D eigenvalue weighted by molar-refractivity contribution is 6.31. The second-order valence-electron chi connectivity index (χ2n) is 7.53. The molecule has 0 bridgehead atoms. The van der Waals surface area contributed by atoms with E-state index >= 15 is 0 Å². The molecular formula is C22H25ClO7. The highest BCUT2D eigenvalue weighted by atomic mass is 35.5. The number of fused-ring (bicyclic) bond motifs is 2. The van der Waals surface area contributed by atoms with Crippen molar-refractivity contribution < 1.29 is 34.6 Å². The first-order valence-corrected chi connectivity index (χ1v) is 10.3. The minimum absolute atomic E-state index is 0.111. The van der Waals surface area contributed by atoms with Gasteiger partial charge in [0.25, 0.3) is 0 Å². The van der Waals surface area contributed by atoms with Gasteiger partial charge in [-0.2, -0.15) is 0 Å². The Labute approximate surface area is 179 Å². The molecule has 4 N–H and O–H groups in total. The van der Waals surface area contributed by atoms with E-state index in [0.717, 1.165) is 22.4 Å². The van der Waals surface area contributed by atoms with Crippen molar-refractivity contribution in [3.05, 3.63) is 63.7 Å². The van der Waals surface area contributed by atoms with E-state index in [2.05, 4.69) is 0 Å². The van der Waals surface area contributed by atoms with E-state index in [1.165, 1.54) is 0 Å². The minimum atomic E-state index is -1.68. The van der Waals surface area contributed by atoms with Gasteiger partial charge >= 0.3 is 0 Å². The summed E-state index contributed by atoms with van der Waals surface area (Å²) >= 11 is 6.50. The van der Waals surface area contributed by atoms with Crippen LogP contribution in [0, 0.1) is 0 Å². The number of hydrogen-bond donors (Lipinski definition) is 4.